The molecule has 0 aliphatic rings. The van der Waals surface area contributed by atoms with Gasteiger partial charge >= 0.3 is 0 Å². The molecule has 4 heteroatoms. The number of nitrogen functional groups attached to an aromatic ring is 1. The Morgan fingerprint density at radius 1 is 1.32 bits per heavy atom. The summed E-state index contributed by atoms with van der Waals surface area (Å²) >= 11 is 0. The van der Waals surface area contributed by atoms with Crippen LogP contribution in [0, 0.1) is 0 Å². The van der Waals surface area contributed by atoms with Crippen LogP contribution in [-0.2, 0) is 17.8 Å². The van der Waals surface area contributed by atoms with Gasteiger partial charge in [-0.05, 0) is 22.8 Å². The number of aliphatic hydroxyl groups is 1. The number of nitrogens with two attached hydrogens (primary N) is 1. The van der Waals surface area contributed by atoms with Crippen molar-refractivity contribution < 1.29 is 9.84 Å². The number of hydrogen-bond acceptors (Lipinski definition) is 4. The summed E-state index contributed by atoms with van der Waals surface area (Å²) in [5, 5.41) is 10.3. The Balaban J connectivity index is 2.13. The number of methoxy groups -OCH3 is 1. The minimum atomic E-state index is -0.594. The second-order valence-electron chi connectivity index (χ2n) is 4.45. The van der Waals surface area contributed by atoms with E-state index in [0.717, 1.165) is 16.7 Å². The number of anilines is 1. The van der Waals surface area contributed by atoms with E-state index in [9.17, 15) is 5.11 Å². The first-order chi connectivity index (χ1) is 9.20. The van der Waals surface area contributed by atoms with Gasteiger partial charge in [-0.2, -0.15) is 0 Å². The van der Waals surface area contributed by atoms with Gasteiger partial charge in [0.05, 0.1) is 12.7 Å². The molecule has 1 unspecified atom stereocenters. The molecule has 2 aromatic rings. The minimum Gasteiger partial charge on any atom is -0.388 e. The van der Waals surface area contributed by atoms with Gasteiger partial charge in [-0.1, -0.05) is 30.3 Å². The van der Waals surface area contributed by atoms with Crippen LogP contribution in [0.2, 0.25) is 0 Å². The first-order valence-corrected chi connectivity index (χ1v) is 6.16. The molecule has 4 nitrogen and oxygen atoms in total. The predicted octanol–water partition coefficient (Wildman–Crippen LogP) is 2.09. The van der Waals surface area contributed by atoms with Crippen molar-refractivity contribution in [3.63, 3.8) is 0 Å². The number of pyridine rings is 1. The molecule has 0 saturated carbocycles. The summed E-state index contributed by atoms with van der Waals surface area (Å²) in [5.74, 6) is 0.467. The largest absolute Gasteiger partial charge is 0.388 e. The Hall–Kier alpha value is -1.91. The molecule has 0 bridgehead atoms. The van der Waals surface area contributed by atoms with Crippen LogP contribution in [0.15, 0.2) is 42.6 Å². The standard InChI is InChI=1S/C15H18N2O2/c1-19-10-11-4-2-5-12(8-11)14(18)9-13-6-3-7-17-15(13)16/h2-8,14,18H,9-10H2,1H3,(H2,16,17). The minimum absolute atomic E-state index is 0.454. The van der Waals surface area contributed by atoms with Gasteiger partial charge in [0.15, 0.2) is 0 Å². The monoisotopic (exact) mass is 258 g/mol. The van der Waals surface area contributed by atoms with Crippen LogP contribution >= 0.6 is 0 Å². The molecular formula is C15H18N2O2. The maximum absolute atomic E-state index is 10.3. The van der Waals surface area contributed by atoms with Crippen LogP contribution in [0.1, 0.15) is 22.8 Å². The summed E-state index contributed by atoms with van der Waals surface area (Å²) in [4.78, 5) is 4.02. The van der Waals surface area contributed by atoms with Gasteiger partial charge in [-0.15, -0.1) is 0 Å². The van der Waals surface area contributed by atoms with E-state index in [-0.39, 0.29) is 0 Å². The summed E-state index contributed by atoms with van der Waals surface area (Å²) in [6.07, 6.45) is 1.50. The maximum atomic E-state index is 10.3. The molecule has 0 saturated heterocycles. The zero-order chi connectivity index (χ0) is 13.7. The average molecular weight is 258 g/mol. The first kappa shape index (κ1) is 13.5. The molecule has 0 radical (unpaired) electrons. The number of benzene rings is 1. The third-order valence-corrected chi connectivity index (χ3v) is 2.99. The van der Waals surface area contributed by atoms with Crippen molar-refractivity contribution >= 4 is 5.82 Å². The summed E-state index contributed by atoms with van der Waals surface area (Å²) < 4.78 is 5.09. The summed E-state index contributed by atoms with van der Waals surface area (Å²) in [6.45, 7) is 0.537. The zero-order valence-corrected chi connectivity index (χ0v) is 10.9. The van der Waals surface area contributed by atoms with E-state index in [0.29, 0.717) is 18.8 Å². The van der Waals surface area contributed by atoms with Crippen LogP contribution in [0.25, 0.3) is 0 Å². The van der Waals surface area contributed by atoms with E-state index in [1.54, 1.807) is 13.3 Å². The van der Waals surface area contributed by atoms with E-state index in [2.05, 4.69) is 4.98 Å². The third kappa shape index (κ3) is 3.53. The Labute approximate surface area is 112 Å². The summed E-state index contributed by atoms with van der Waals surface area (Å²) in [5.41, 5.74) is 8.54. The summed E-state index contributed by atoms with van der Waals surface area (Å²) in [7, 11) is 1.65. The second kappa shape index (κ2) is 6.31. The van der Waals surface area contributed by atoms with Crippen molar-refractivity contribution in [2.24, 2.45) is 0 Å². The molecule has 2 rings (SSSR count). The highest BCUT2D eigenvalue weighted by Gasteiger charge is 2.11. The van der Waals surface area contributed by atoms with Gasteiger partial charge in [-0.25, -0.2) is 4.98 Å². The van der Waals surface area contributed by atoms with E-state index in [1.165, 1.54) is 0 Å². The number of rotatable bonds is 5. The molecule has 19 heavy (non-hydrogen) atoms. The van der Waals surface area contributed by atoms with Gasteiger partial charge in [0, 0.05) is 19.7 Å². The summed E-state index contributed by atoms with van der Waals surface area (Å²) in [6, 6.07) is 11.4. The number of aromatic nitrogens is 1. The molecule has 1 heterocycles. The number of ether oxygens (including phenoxy) is 1. The van der Waals surface area contributed by atoms with Crippen molar-refractivity contribution in [2.45, 2.75) is 19.1 Å². The van der Waals surface area contributed by atoms with Crippen LogP contribution in [0.5, 0.6) is 0 Å². The Kier molecular flexibility index (Phi) is 4.49. The van der Waals surface area contributed by atoms with Gasteiger partial charge in [0.2, 0.25) is 0 Å². The fraction of sp³-hybridized carbons (Fsp3) is 0.267. The number of aliphatic hydroxyl groups excluding tert-OH is 1. The smallest absolute Gasteiger partial charge is 0.126 e. The van der Waals surface area contributed by atoms with E-state index >= 15 is 0 Å². The zero-order valence-electron chi connectivity index (χ0n) is 10.9. The van der Waals surface area contributed by atoms with Crippen LogP contribution in [0.4, 0.5) is 5.82 Å². The van der Waals surface area contributed by atoms with Crippen LogP contribution in [0.3, 0.4) is 0 Å². The molecule has 0 amide bonds. The fourth-order valence-corrected chi connectivity index (χ4v) is 2.01. The normalized spacial score (nSPS) is 12.3. The van der Waals surface area contributed by atoms with Gasteiger partial charge < -0.3 is 15.6 Å². The predicted molar refractivity (Wildman–Crippen MR) is 74.5 cm³/mol. The van der Waals surface area contributed by atoms with Crippen molar-refractivity contribution in [1.29, 1.82) is 0 Å². The van der Waals surface area contributed by atoms with Crippen molar-refractivity contribution in [2.75, 3.05) is 12.8 Å². The highest BCUT2D eigenvalue weighted by atomic mass is 16.5. The third-order valence-electron chi connectivity index (χ3n) is 2.99. The Morgan fingerprint density at radius 2 is 2.16 bits per heavy atom. The first-order valence-electron chi connectivity index (χ1n) is 6.16. The van der Waals surface area contributed by atoms with E-state index in [1.807, 2.05) is 36.4 Å². The average Bonchev–Trinajstić information content (AvgIpc) is 2.42. The maximum Gasteiger partial charge on any atom is 0.126 e. The topological polar surface area (TPSA) is 68.4 Å². The highest BCUT2D eigenvalue weighted by molar-refractivity contribution is 5.39. The molecule has 1 aromatic carbocycles. The number of nitrogens with zero attached hydrogens (tertiary/aromatic N) is 1. The van der Waals surface area contributed by atoms with Crippen molar-refractivity contribution in [1.82, 2.24) is 4.98 Å². The molecule has 0 fully saturated rings. The SMILES string of the molecule is COCc1cccc(C(O)Cc2cccnc2N)c1. The fourth-order valence-electron chi connectivity index (χ4n) is 2.01. The molecule has 1 atom stereocenters. The lowest BCUT2D eigenvalue weighted by Crippen LogP contribution is -2.06. The Morgan fingerprint density at radius 3 is 2.89 bits per heavy atom. The Bertz CT molecular complexity index is 543. The van der Waals surface area contributed by atoms with Gasteiger partial charge in [0.1, 0.15) is 5.82 Å². The van der Waals surface area contributed by atoms with Crippen molar-refractivity contribution in [3.8, 4) is 0 Å². The molecule has 1 aromatic heterocycles. The van der Waals surface area contributed by atoms with E-state index in [4.69, 9.17) is 10.5 Å². The van der Waals surface area contributed by atoms with Gasteiger partial charge in [0.25, 0.3) is 0 Å². The van der Waals surface area contributed by atoms with Crippen LogP contribution in [-0.4, -0.2) is 17.2 Å². The molecule has 0 spiro atoms. The quantitative estimate of drug-likeness (QED) is 0.861. The molecule has 0 aliphatic carbocycles. The molecule has 0 aliphatic heterocycles. The lowest BCUT2D eigenvalue weighted by Gasteiger charge is -2.13. The molecular weight excluding hydrogens is 240 g/mol. The lowest BCUT2D eigenvalue weighted by atomic mass is 10.0. The van der Waals surface area contributed by atoms with E-state index < -0.39 is 6.10 Å². The van der Waals surface area contributed by atoms with Crippen molar-refractivity contribution in [3.05, 3.63) is 59.3 Å². The van der Waals surface area contributed by atoms with Crippen LogP contribution < -0.4 is 5.73 Å². The van der Waals surface area contributed by atoms with Gasteiger partial charge in [-0.3, -0.25) is 0 Å². The molecule has 100 valence electrons. The lowest BCUT2D eigenvalue weighted by molar-refractivity contribution is 0.175. The highest BCUT2D eigenvalue weighted by Crippen LogP contribution is 2.21. The number of hydrogen-bond donors (Lipinski definition) is 2. The second-order valence-corrected chi connectivity index (χ2v) is 4.45. The molecule has 3 N–H and O–H groups in total.